The van der Waals surface area contributed by atoms with Crippen LogP contribution in [0.1, 0.15) is 61.9 Å². The second-order valence-corrected chi connectivity index (χ2v) is 9.96. The van der Waals surface area contributed by atoms with E-state index >= 15 is 0 Å². The number of aromatic nitrogens is 5. The van der Waals surface area contributed by atoms with E-state index in [4.69, 9.17) is 4.74 Å². The summed E-state index contributed by atoms with van der Waals surface area (Å²) in [6, 6.07) is 0.339. The molecule has 1 aliphatic heterocycles. The number of hydrogen-bond acceptors (Lipinski definition) is 5. The molecule has 0 bridgehead atoms. The number of nitrogens with zero attached hydrogens (tertiary/aromatic N) is 6. The van der Waals surface area contributed by atoms with Crippen LogP contribution in [-0.2, 0) is 18.3 Å². The monoisotopic (exact) mass is 396 g/mol. The number of ether oxygens (including phenoxy) is 1. The Kier molecular flexibility index (Phi) is 4.49. The van der Waals surface area contributed by atoms with Gasteiger partial charge in [-0.15, -0.1) is 5.10 Å². The molecule has 6 rings (SSSR count). The van der Waals surface area contributed by atoms with E-state index < -0.39 is 0 Å². The Balaban J connectivity index is 1.17. The van der Waals surface area contributed by atoms with Crippen LogP contribution in [0, 0.1) is 17.8 Å². The van der Waals surface area contributed by atoms with E-state index in [2.05, 4.69) is 42.7 Å². The summed E-state index contributed by atoms with van der Waals surface area (Å²) in [5.74, 6) is 2.92. The van der Waals surface area contributed by atoms with E-state index in [9.17, 15) is 0 Å². The minimum absolute atomic E-state index is 0.280. The smallest absolute Gasteiger partial charge is 0.0945 e. The molecule has 0 spiro atoms. The van der Waals surface area contributed by atoms with Crippen LogP contribution in [0.2, 0.25) is 0 Å². The van der Waals surface area contributed by atoms with Gasteiger partial charge in [-0.05, 0) is 56.3 Å². The Bertz CT molecular complexity index is 853. The summed E-state index contributed by atoms with van der Waals surface area (Å²) >= 11 is 0. The Morgan fingerprint density at radius 2 is 1.93 bits per heavy atom. The van der Waals surface area contributed by atoms with Crippen molar-refractivity contribution < 1.29 is 4.74 Å². The molecule has 0 radical (unpaired) electrons. The lowest BCUT2D eigenvalue weighted by Gasteiger charge is -2.37. The Morgan fingerprint density at radius 1 is 1.10 bits per heavy atom. The second-order valence-electron chi connectivity index (χ2n) is 9.96. The highest BCUT2D eigenvalue weighted by atomic mass is 16.5. The molecule has 2 aromatic heterocycles. The number of imidazole rings is 1. The first-order valence-electron chi connectivity index (χ1n) is 11.4. The van der Waals surface area contributed by atoms with Crippen LogP contribution in [0.25, 0.3) is 0 Å². The molecule has 156 valence electrons. The number of hydrogen-bond donors (Lipinski definition) is 0. The average Bonchev–Trinajstić information content (AvgIpc) is 3.61. The van der Waals surface area contributed by atoms with Crippen LogP contribution < -0.4 is 0 Å². The highest BCUT2D eigenvalue weighted by molar-refractivity contribution is 5.10. The first kappa shape index (κ1) is 18.1. The van der Waals surface area contributed by atoms with Gasteiger partial charge in [-0.2, -0.15) is 0 Å². The zero-order chi connectivity index (χ0) is 19.4. The van der Waals surface area contributed by atoms with Crippen molar-refractivity contribution in [2.24, 2.45) is 24.8 Å². The van der Waals surface area contributed by atoms with Crippen LogP contribution in [-0.4, -0.2) is 55.2 Å². The number of rotatable bonds is 7. The van der Waals surface area contributed by atoms with Gasteiger partial charge in [0.25, 0.3) is 0 Å². The molecule has 2 aromatic rings. The predicted octanol–water partition coefficient (Wildman–Crippen LogP) is 2.77. The molecule has 3 saturated carbocycles. The predicted molar refractivity (Wildman–Crippen MR) is 108 cm³/mol. The third kappa shape index (κ3) is 3.75. The summed E-state index contributed by atoms with van der Waals surface area (Å²) in [5, 5.41) is 9.05. The molecule has 1 saturated heterocycles. The highest BCUT2D eigenvalue weighted by Gasteiger charge is 2.44. The molecule has 4 atom stereocenters. The van der Waals surface area contributed by atoms with Gasteiger partial charge in [-0.25, -0.2) is 9.67 Å². The molecule has 0 N–H and O–H groups in total. The summed E-state index contributed by atoms with van der Waals surface area (Å²) < 4.78 is 10.8. The fourth-order valence-electron chi connectivity index (χ4n) is 5.40. The highest BCUT2D eigenvalue weighted by Crippen LogP contribution is 2.44. The van der Waals surface area contributed by atoms with E-state index in [-0.39, 0.29) is 6.10 Å². The third-order valence-corrected chi connectivity index (χ3v) is 7.57. The quantitative estimate of drug-likeness (QED) is 0.720. The van der Waals surface area contributed by atoms with Crippen LogP contribution in [0.5, 0.6) is 0 Å². The van der Waals surface area contributed by atoms with E-state index in [1.807, 2.05) is 12.5 Å². The van der Waals surface area contributed by atoms with Gasteiger partial charge < -0.3 is 9.30 Å². The van der Waals surface area contributed by atoms with E-state index in [0.717, 1.165) is 43.7 Å². The van der Waals surface area contributed by atoms with Crippen molar-refractivity contribution in [3.8, 4) is 0 Å². The average molecular weight is 397 g/mol. The van der Waals surface area contributed by atoms with E-state index in [1.165, 1.54) is 50.2 Å². The maximum atomic E-state index is 6.51. The molecule has 7 nitrogen and oxygen atoms in total. The first-order chi connectivity index (χ1) is 14.2. The Hall–Kier alpha value is -1.73. The van der Waals surface area contributed by atoms with Crippen molar-refractivity contribution in [2.45, 2.75) is 63.1 Å². The van der Waals surface area contributed by atoms with Crippen LogP contribution in [0.3, 0.4) is 0 Å². The Morgan fingerprint density at radius 3 is 2.66 bits per heavy atom. The van der Waals surface area contributed by atoms with Gasteiger partial charge in [-0.1, -0.05) is 5.21 Å². The zero-order valence-electron chi connectivity index (χ0n) is 17.4. The molecule has 0 aromatic carbocycles. The molecular weight excluding hydrogens is 364 g/mol. The largest absolute Gasteiger partial charge is 0.376 e. The van der Waals surface area contributed by atoms with Crippen molar-refractivity contribution >= 4 is 0 Å². The molecular formula is C22H32N6O. The van der Waals surface area contributed by atoms with Gasteiger partial charge in [0, 0.05) is 51.6 Å². The third-order valence-electron chi connectivity index (χ3n) is 7.57. The van der Waals surface area contributed by atoms with Crippen molar-refractivity contribution in [1.29, 1.82) is 0 Å². The standard InChI is InChI=1S/C22H32N6O/c1-26-14-23-8-19(26)11-27-9-17-6-21(28-12-20(24-25-28)16-4-5-16)22(7-18(17)10-27)29-13-15-2-3-15/h8,12,14-18,21-22H,2-7,9-11,13H2,1H3/t17-,18+,21-,22-/m1/s1. The van der Waals surface area contributed by atoms with Crippen LogP contribution >= 0.6 is 0 Å². The van der Waals surface area contributed by atoms with E-state index in [1.54, 1.807) is 0 Å². The molecule has 4 fully saturated rings. The van der Waals surface area contributed by atoms with Crippen molar-refractivity contribution in [2.75, 3.05) is 19.7 Å². The van der Waals surface area contributed by atoms with Crippen LogP contribution in [0.15, 0.2) is 18.7 Å². The molecule has 4 aliphatic rings. The molecule has 29 heavy (non-hydrogen) atoms. The molecule has 3 heterocycles. The fourth-order valence-corrected chi connectivity index (χ4v) is 5.40. The van der Waals surface area contributed by atoms with Gasteiger partial charge in [0.15, 0.2) is 0 Å². The lowest BCUT2D eigenvalue weighted by atomic mass is 9.77. The molecule has 0 unspecified atom stereocenters. The minimum atomic E-state index is 0.280. The molecule has 3 aliphatic carbocycles. The summed E-state index contributed by atoms with van der Waals surface area (Å²) in [6.07, 6.45) is 14.0. The number of likely N-dealkylation sites (tertiary alicyclic amines) is 1. The second kappa shape index (κ2) is 7.20. The summed E-state index contributed by atoms with van der Waals surface area (Å²) in [7, 11) is 2.09. The molecule has 7 heteroatoms. The summed E-state index contributed by atoms with van der Waals surface area (Å²) in [5.41, 5.74) is 2.49. The molecule has 0 amide bonds. The lowest BCUT2D eigenvalue weighted by molar-refractivity contribution is -0.0375. The number of fused-ring (bicyclic) bond motifs is 1. The SMILES string of the molecule is Cn1cncc1CN1C[C@H]2C[C@@H](n3cc(C4CC4)nn3)[C@H](OCC3CC3)C[C@H]2C1. The lowest BCUT2D eigenvalue weighted by Crippen LogP contribution is -2.38. The fraction of sp³-hybridized carbons (Fsp3) is 0.773. The van der Waals surface area contributed by atoms with Crippen molar-refractivity contribution in [1.82, 2.24) is 29.4 Å². The van der Waals surface area contributed by atoms with Crippen molar-refractivity contribution in [3.63, 3.8) is 0 Å². The van der Waals surface area contributed by atoms with Crippen molar-refractivity contribution in [3.05, 3.63) is 30.1 Å². The summed E-state index contributed by atoms with van der Waals surface area (Å²) in [4.78, 5) is 6.90. The maximum absolute atomic E-state index is 6.51. The van der Waals surface area contributed by atoms with Gasteiger partial charge in [0.1, 0.15) is 0 Å². The maximum Gasteiger partial charge on any atom is 0.0945 e. The van der Waals surface area contributed by atoms with Gasteiger partial charge in [0.05, 0.1) is 29.9 Å². The number of aryl methyl sites for hydroxylation is 1. The topological polar surface area (TPSA) is 61.0 Å². The minimum Gasteiger partial charge on any atom is -0.376 e. The van der Waals surface area contributed by atoms with Crippen LogP contribution in [0.4, 0.5) is 0 Å². The van der Waals surface area contributed by atoms with Gasteiger partial charge in [0.2, 0.25) is 0 Å². The van der Waals surface area contributed by atoms with Gasteiger partial charge in [-0.3, -0.25) is 4.90 Å². The van der Waals surface area contributed by atoms with E-state index in [0.29, 0.717) is 12.0 Å². The normalized spacial score (nSPS) is 32.6. The van der Waals surface area contributed by atoms with Gasteiger partial charge >= 0.3 is 0 Å². The summed E-state index contributed by atoms with van der Waals surface area (Å²) in [6.45, 7) is 4.28. The zero-order valence-corrected chi connectivity index (χ0v) is 17.4. The first-order valence-corrected chi connectivity index (χ1v) is 11.4. The Labute approximate surface area is 172 Å².